The minimum absolute atomic E-state index is 0.0476. The van der Waals surface area contributed by atoms with Crippen molar-refractivity contribution < 1.29 is 9.90 Å². The summed E-state index contributed by atoms with van der Waals surface area (Å²) in [5.74, 6) is -0.294. The second kappa shape index (κ2) is 7.33. The average molecular weight is 463 g/mol. The van der Waals surface area contributed by atoms with Gasteiger partial charge >= 0.3 is 0 Å². The van der Waals surface area contributed by atoms with Gasteiger partial charge in [0.25, 0.3) is 5.91 Å². The number of phenolic OH excluding ortho intramolecular Hbond substituents is 1. The summed E-state index contributed by atoms with van der Waals surface area (Å²) in [6, 6.07) is 12.6. The Balaban J connectivity index is 1.87. The van der Waals surface area contributed by atoms with Gasteiger partial charge in [0.2, 0.25) is 0 Å². The van der Waals surface area contributed by atoms with E-state index in [9.17, 15) is 9.90 Å². The number of carbonyl (C=O) groups excluding carboxylic acids is 1. The molecule has 0 atom stereocenters. The minimum Gasteiger partial charge on any atom is -0.506 e. The predicted octanol–water partition coefficient (Wildman–Crippen LogP) is 4.54. The monoisotopic (exact) mass is 461 g/mol. The molecule has 3 rings (SSSR count). The zero-order valence-electron chi connectivity index (χ0n) is 13.1. The molecule has 0 spiro atoms. The summed E-state index contributed by atoms with van der Waals surface area (Å²) >= 11 is 6.60. The van der Waals surface area contributed by atoms with E-state index in [1.165, 1.54) is 6.21 Å². The predicted molar refractivity (Wildman–Crippen MR) is 105 cm³/mol. The van der Waals surface area contributed by atoms with E-state index < -0.39 is 0 Å². The van der Waals surface area contributed by atoms with Crippen LogP contribution in [0.1, 0.15) is 21.6 Å². The van der Waals surface area contributed by atoms with Gasteiger partial charge in [-0.1, -0.05) is 34.1 Å². The first-order valence-corrected chi connectivity index (χ1v) is 8.92. The van der Waals surface area contributed by atoms with Crippen LogP contribution in [0.2, 0.25) is 0 Å². The van der Waals surface area contributed by atoms with Crippen LogP contribution < -0.4 is 5.43 Å². The third-order valence-electron chi connectivity index (χ3n) is 3.52. The van der Waals surface area contributed by atoms with Gasteiger partial charge in [0, 0.05) is 21.1 Å². The van der Waals surface area contributed by atoms with Crippen LogP contribution in [0.3, 0.4) is 0 Å². The van der Waals surface area contributed by atoms with Gasteiger partial charge in [0.1, 0.15) is 5.75 Å². The number of hydrogen-bond acceptors (Lipinski definition) is 4. The van der Waals surface area contributed by atoms with Crippen LogP contribution in [0.25, 0.3) is 10.9 Å². The molecule has 1 heterocycles. The summed E-state index contributed by atoms with van der Waals surface area (Å²) in [4.78, 5) is 16.9. The van der Waals surface area contributed by atoms with Gasteiger partial charge in [-0.2, -0.15) is 5.10 Å². The smallest absolute Gasteiger partial charge is 0.272 e. The van der Waals surface area contributed by atoms with Crippen molar-refractivity contribution in [1.82, 2.24) is 10.4 Å². The molecule has 0 aliphatic heterocycles. The summed E-state index contributed by atoms with van der Waals surface area (Å²) in [6.07, 6.45) is 1.39. The number of pyridine rings is 1. The van der Waals surface area contributed by atoms with E-state index in [1.807, 2.05) is 31.2 Å². The Bertz CT molecular complexity index is 1000. The van der Waals surface area contributed by atoms with E-state index >= 15 is 0 Å². The molecule has 0 bridgehead atoms. The number of rotatable bonds is 3. The van der Waals surface area contributed by atoms with Gasteiger partial charge in [-0.15, -0.1) is 0 Å². The third-order valence-corrected chi connectivity index (χ3v) is 4.58. The largest absolute Gasteiger partial charge is 0.506 e. The minimum atomic E-state index is -0.341. The number of phenols is 1. The maximum atomic E-state index is 12.5. The molecule has 2 aromatic carbocycles. The first-order chi connectivity index (χ1) is 12.0. The zero-order valence-corrected chi connectivity index (χ0v) is 16.3. The molecule has 1 aromatic heterocycles. The fourth-order valence-electron chi connectivity index (χ4n) is 2.40. The van der Waals surface area contributed by atoms with Crippen molar-refractivity contribution in [2.75, 3.05) is 0 Å². The van der Waals surface area contributed by atoms with Gasteiger partial charge in [0.05, 0.1) is 21.8 Å². The first kappa shape index (κ1) is 17.6. The summed E-state index contributed by atoms with van der Waals surface area (Å²) in [7, 11) is 0. The standard InChI is InChI=1S/C18H13Br2N3O2/c1-10-6-14(13-4-2-3-5-16(13)22-10)18(25)23-21-9-11-7-12(19)8-15(20)17(11)24/h2-9,24H,1H3,(H,23,25)/b21-9-. The second-order valence-electron chi connectivity index (χ2n) is 5.35. The Morgan fingerprint density at radius 2 is 2.00 bits per heavy atom. The lowest BCUT2D eigenvalue weighted by Crippen LogP contribution is -2.18. The van der Waals surface area contributed by atoms with Crippen molar-refractivity contribution in [2.45, 2.75) is 6.92 Å². The number of nitrogens with one attached hydrogen (secondary N) is 1. The number of aromatic hydroxyl groups is 1. The highest BCUT2D eigenvalue weighted by molar-refractivity contribution is 9.11. The van der Waals surface area contributed by atoms with Gasteiger partial charge in [-0.05, 0) is 47.1 Å². The Kier molecular flexibility index (Phi) is 5.15. The Labute approximate surface area is 161 Å². The van der Waals surface area contributed by atoms with E-state index in [0.29, 0.717) is 15.6 Å². The molecular weight excluding hydrogens is 450 g/mol. The van der Waals surface area contributed by atoms with E-state index in [-0.39, 0.29) is 11.7 Å². The van der Waals surface area contributed by atoms with E-state index in [1.54, 1.807) is 18.2 Å². The number of hydrogen-bond donors (Lipinski definition) is 2. The van der Waals surface area contributed by atoms with Crippen LogP contribution in [0.15, 0.2) is 56.5 Å². The summed E-state index contributed by atoms with van der Waals surface area (Å²) < 4.78 is 1.31. The lowest BCUT2D eigenvalue weighted by Gasteiger charge is -2.06. The van der Waals surface area contributed by atoms with Crippen molar-refractivity contribution in [3.05, 3.63) is 68.2 Å². The number of halogens is 2. The number of carbonyl (C=O) groups is 1. The number of aromatic nitrogens is 1. The molecule has 0 saturated heterocycles. The highest BCUT2D eigenvalue weighted by atomic mass is 79.9. The number of hydrazone groups is 1. The lowest BCUT2D eigenvalue weighted by molar-refractivity contribution is 0.0956. The highest BCUT2D eigenvalue weighted by Gasteiger charge is 2.11. The molecule has 25 heavy (non-hydrogen) atoms. The van der Waals surface area contributed by atoms with Gasteiger partial charge in [-0.25, -0.2) is 5.43 Å². The molecule has 0 fully saturated rings. The first-order valence-electron chi connectivity index (χ1n) is 7.33. The molecule has 0 aliphatic carbocycles. The summed E-state index contributed by atoms with van der Waals surface area (Å²) in [5, 5.41) is 14.7. The van der Waals surface area contributed by atoms with Crippen molar-refractivity contribution in [1.29, 1.82) is 0 Å². The van der Waals surface area contributed by atoms with E-state index in [2.05, 4.69) is 47.4 Å². The number of aryl methyl sites for hydroxylation is 1. The molecule has 1 amide bonds. The molecule has 2 N–H and O–H groups in total. The molecule has 3 aromatic rings. The SMILES string of the molecule is Cc1cc(C(=O)N/N=C\c2cc(Br)cc(Br)c2O)c2ccccc2n1. The Morgan fingerprint density at radius 1 is 1.24 bits per heavy atom. The Morgan fingerprint density at radius 3 is 2.80 bits per heavy atom. The molecule has 0 aliphatic rings. The van der Waals surface area contributed by atoms with Gasteiger partial charge in [-0.3, -0.25) is 9.78 Å². The van der Waals surface area contributed by atoms with Crippen molar-refractivity contribution >= 4 is 54.9 Å². The topological polar surface area (TPSA) is 74.6 Å². The quantitative estimate of drug-likeness (QED) is 0.443. The summed E-state index contributed by atoms with van der Waals surface area (Å²) in [5.41, 5.74) is 4.97. The van der Waals surface area contributed by atoms with Crippen LogP contribution in [-0.2, 0) is 0 Å². The maximum Gasteiger partial charge on any atom is 0.272 e. The Hall–Kier alpha value is -2.25. The molecule has 7 heteroatoms. The molecule has 0 unspecified atom stereocenters. The number of amides is 1. The van der Waals surface area contributed by atoms with E-state index in [0.717, 1.165) is 21.1 Å². The third kappa shape index (κ3) is 3.88. The van der Waals surface area contributed by atoms with Crippen molar-refractivity contribution in [3.63, 3.8) is 0 Å². The number of fused-ring (bicyclic) bond motifs is 1. The maximum absolute atomic E-state index is 12.5. The summed E-state index contributed by atoms with van der Waals surface area (Å²) in [6.45, 7) is 1.84. The fraction of sp³-hybridized carbons (Fsp3) is 0.0556. The molecular formula is C18H13Br2N3O2. The van der Waals surface area contributed by atoms with Crippen molar-refractivity contribution in [3.8, 4) is 5.75 Å². The van der Waals surface area contributed by atoms with Crippen LogP contribution in [0, 0.1) is 6.92 Å². The highest BCUT2D eigenvalue weighted by Crippen LogP contribution is 2.30. The molecule has 0 radical (unpaired) electrons. The molecule has 0 saturated carbocycles. The lowest BCUT2D eigenvalue weighted by atomic mass is 10.1. The van der Waals surface area contributed by atoms with Crippen LogP contribution >= 0.6 is 31.9 Å². The molecule has 5 nitrogen and oxygen atoms in total. The average Bonchev–Trinajstić information content (AvgIpc) is 2.58. The van der Waals surface area contributed by atoms with E-state index in [4.69, 9.17) is 0 Å². The second-order valence-corrected chi connectivity index (χ2v) is 7.12. The number of para-hydroxylation sites is 1. The van der Waals surface area contributed by atoms with Crippen LogP contribution in [-0.4, -0.2) is 22.2 Å². The molecule has 126 valence electrons. The van der Waals surface area contributed by atoms with Crippen molar-refractivity contribution in [2.24, 2.45) is 5.10 Å². The van der Waals surface area contributed by atoms with Gasteiger partial charge < -0.3 is 5.11 Å². The van der Waals surface area contributed by atoms with Gasteiger partial charge in [0.15, 0.2) is 0 Å². The normalized spacial score (nSPS) is 11.2. The number of benzene rings is 2. The zero-order chi connectivity index (χ0) is 18.0. The number of nitrogens with zero attached hydrogens (tertiary/aromatic N) is 2. The fourth-order valence-corrected chi connectivity index (χ4v) is 3.66. The van der Waals surface area contributed by atoms with Crippen LogP contribution in [0.4, 0.5) is 0 Å². The van der Waals surface area contributed by atoms with Crippen LogP contribution in [0.5, 0.6) is 5.75 Å².